The van der Waals surface area contributed by atoms with E-state index in [0.29, 0.717) is 28.3 Å². The molecule has 0 aliphatic carbocycles. The molecule has 3 aromatic heterocycles. The topological polar surface area (TPSA) is 69.6 Å². The molecule has 138 valence electrons. The number of hydrogen-bond acceptors (Lipinski definition) is 5. The molecule has 0 amide bonds. The van der Waals surface area contributed by atoms with Crippen molar-refractivity contribution in [3.05, 3.63) is 78.9 Å². The van der Waals surface area contributed by atoms with E-state index in [0.717, 1.165) is 22.0 Å². The van der Waals surface area contributed by atoms with E-state index >= 15 is 0 Å². The molecule has 6 nitrogen and oxygen atoms in total. The first-order valence-electron chi connectivity index (χ1n) is 9.02. The summed E-state index contributed by atoms with van der Waals surface area (Å²) in [6.07, 6.45) is 1.37. The molecule has 0 atom stereocenters. The summed E-state index contributed by atoms with van der Waals surface area (Å²) in [5.74, 6) is 0.290. The minimum absolute atomic E-state index is 0.339. The molecular formula is C22H12FN5O. The van der Waals surface area contributed by atoms with Crippen molar-refractivity contribution >= 4 is 33.2 Å². The molecule has 0 saturated heterocycles. The molecule has 3 aromatic carbocycles. The second-order valence-electron chi connectivity index (χ2n) is 6.64. The van der Waals surface area contributed by atoms with Crippen LogP contribution in [0, 0.1) is 5.82 Å². The maximum Gasteiger partial charge on any atom is 0.206 e. The molecule has 0 aliphatic rings. The normalized spacial score (nSPS) is 11.6. The van der Waals surface area contributed by atoms with Crippen molar-refractivity contribution in [2.45, 2.75) is 0 Å². The second kappa shape index (κ2) is 5.93. The van der Waals surface area contributed by atoms with Crippen LogP contribution in [0.2, 0.25) is 0 Å². The maximum absolute atomic E-state index is 13.7. The highest BCUT2D eigenvalue weighted by Gasteiger charge is 2.21. The predicted octanol–water partition coefficient (Wildman–Crippen LogP) is 4.92. The minimum Gasteiger partial charge on any atom is -0.455 e. The van der Waals surface area contributed by atoms with Crippen molar-refractivity contribution in [3.63, 3.8) is 0 Å². The van der Waals surface area contributed by atoms with Gasteiger partial charge in [-0.25, -0.2) is 14.4 Å². The summed E-state index contributed by atoms with van der Waals surface area (Å²) >= 11 is 0. The van der Waals surface area contributed by atoms with Crippen molar-refractivity contribution in [1.82, 2.24) is 24.7 Å². The van der Waals surface area contributed by atoms with E-state index in [1.165, 1.54) is 18.5 Å². The Labute approximate surface area is 163 Å². The summed E-state index contributed by atoms with van der Waals surface area (Å²) in [5, 5.41) is 9.91. The Balaban J connectivity index is 1.73. The number of rotatable bonds is 2. The zero-order valence-electron chi connectivity index (χ0n) is 15.0. The Morgan fingerprint density at radius 3 is 2.69 bits per heavy atom. The first-order chi connectivity index (χ1) is 14.3. The highest BCUT2D eigenvalue weighted by molar-refractivity contribution is 6.09. The van der Waals surface area contributed by atoms with Gasteiger partial charge in [0.2, 0.25) is 11.3 Å². The molecule has 0 fully saturated rings. The van der Waals surface area contributed by atoms with Crippen molar-refractivity contribution in [2.75, 3.05) is 0 Å². The molecule has 0 N–H and O–H groups in total. The predicted molar refractivity (Wildman–Crippen MR) is 107 cm³/mol. The number of aromatic nitrogens is 5. The second-order valence-corrected chi connectivity index (χ2v) is 6.64. The zero-order chi connectivity index (χ0) is 19.4. The quantitative estimate of drug-likeness (QED) is 0.426. The van der Waals surface area contributed by atoms with Crippen LogP contribution in [0.5, 0.6) is 0 Å². The average molecular weight is 381 g/mol. The van der Waals surface area contributed by atoms with Gasteiger partial charge in [-0.05, 0) is 30.3 Å². The SMILES string of the molecule is Fc1ccc2c(c1)oc1c(-c3nc4ncnnc4n3-c3ccccc3)cccc12. The van der Waals surface area contributed by atoms with Crippen molar-refractivity contribution in [2.24, 2.45) is 0 Å². The van der Waals surface area contributed by atoms with Gasteiger partial charge in [-0.1, -0.05) is 30.3 Å². The monoisotopic (exact) mass is 381 g/mol. The molecule has 0 bridgehead atoms. The van der Waals surface area contributed by atoms with E-state index in [9.17, 15) is 4.39 Å². The lowest BCUT2D eigenvalue weighted by Gasteiger charge is -2.08. The number of imidazole rings is 1. The van der Waals surface area contributed by atoms with Gasteiger partial charge in [0, 0.05) is 22.5 Å². The highest BCUT2D eigenvalue weighted by atomic mass is 19.1. The molecule has 3 heterocycles. The van der Waals surface area contributed by atoms with E-state index in [1.54, 1.807) is 6.07 Å². The summed E-state index contributed by atoms with van der Waals surface area (Å²) in [6.45, 7) is 0. The number of furan rings is 1. The Kier molecular flexibility index (Phi) is 3.25. The van der Waals surface area contributed by atoms with Gasteiger partial charge >= 0.3 is 0 Å². The van der Waals surface area contributed by atoms with Crippen LogP contribution in [0.25, 0.3) is 50.3 Å². The van der Waals surface area contributed by atoms with E-state index < -0.39 is 0 Å². The van der Waals surface area contributed by atoms with Crippen LogP contribution < -0.4 is 0 Å². The molecule has 0 aliphatic heterocycles. The Morgan fingerprint density at radius 1 is 0.897 bits per heavy atom. The molecule has 0 saturated carbocycles. The van der Waals surface area contributed by atoms with E-state index in [1.807, 2.05) is 53.1 Å². The molecule has 29 heavy (non-hydrogen) atoms. The van der Waals surface area contributed by atoms with E-state index in [2.05, 4.69) is 15.2 Å². The summed E-state index contributed by atoms with van der Waals surface area (Å²) in [7, 11) is 0. The van der Waals surface area contributed by atoms with Crippen LogP contribution in [0.3, 0.4) is 0 Å². The van der Waals surface area contributed by atoms with Gasteiger partial charge in [0.25, 0.3) is 0 Å². The molecular weight excluding hydrogens is 369 g/mol. The van der Waals surface area contributed by atoms with Crippen molar-refractivity contribution in [1.29, 1.82) is 0 Å². The number of halogens is 1. The first-order valence-corrected chi connectivity index (χ1v) is 9.02. The summed E-state index contributed by atoms with van der Waals surface area (Å²) in [6, 6.07) is 20.1. The third-order valence-electron chi connectivity index (χ3n) is 4.94. The molecule has 0 spiro atoms. The van der Waals surface area contributed by atoms with Crippen LogP contribution in [0.15, 0.2) is 77.5 Å². The van der Waals surface area contributed by atoms with Gasteiger partial charge < -0.3 is 4.42 Å². The molecule has 6 aromatic rings. The van der Waals surface area contributed by atoms with Gasteiger partial charge in [-0.2, -0.15) is 0 Å². The van der Waals surface area contributed by atoms with Gasteiger partial charge in [0.15, 0.2) is 5.82 Å². The number of para-hydroxylation sites is 2. The van der Waals surface area contributed by atoms with Crippen LogP contribution in [-0.4, -0.2) is 24.7 Å². The molecule has 6 rings (SSSR count). The van der Waals surface area contributed by atoms with Crippen LogP contribution in [-0.2, 0) is 0 Å². The summed E-state index contributed by atoms with van der Waals surface area (Å²) < 4.78 is 21.7. The first kappa shape index (κ1) is 15.9. The number of fused-ring (bicyclic) bond motifs is 4. The van der Waals surface area contributed by atoms with Crippen LogP contribution in [0.1, 0.15) is 0 Å². The Hall–Kier alpha value is -4.13. The fourth-order valence-electron chi connectivity index (χ4n) is 3.69. The fourth-order valence-corrected chi connectivity index (χ4v) is 3.69. The van der Waals surface area contributed by atoms with Crippen LogP contribution in [0.4, 0.5) is 4.39 Å². The molecule has 7 heteroatoms. The summed E-state index contributed by atoms with van der Waals surface area (Å²) in [4.78, 5) is 8.97. The van der Waals surface area contributed by atoms with Gasteiger partial charge in [-0.3, -0.25) is 4.57 Å². The number of benzene rings is 3. The minimum atomic E-state index is -0.339. The highest BCUT2D eigenvalue weighted by Crippen LogP contribution is 2.37. The van der Waals surface area contributed by atoms with Crippen molar-refractivity contribution < 1.29 is 8.81 Å². The summed E-state index contributed by atoms with van der Waals surface area (Å²) in [5.41, 5.74) is 3.81. The fraction of sp³-hybridized carbons (Fsp3) is 0. The van der Waals surface area contributed by atoms with Gasteiger partial charge in [0.1, 0.15) is 23.3 Å². The zero-order valence-corrected chi connectivity index (χ0v) is 15.0. The lowest BCUT2D eigenvalue weighted by Crippen LogP contribution is -1.99. The standard InChI is InChI=1S/C22H12FN5O/c23-13-9-10-15-16-7-4-8-17(19(16)29-18(15)11-13)21-26-20-22(27-25-12-24-20)28(21)14-5-2-1-3-6-14/h1-12H. The van der Waals surface area contributed by atoms with E-state index in [4.69, 9.17) is 9.40 Å². The van der Waals surface area contributed by atoms with Crippen molar-refractivity contribution in [3.8, 4) is 17.1 Å². The number of nitrogens with zero attached hydrogens (tertiary/aromatic N) is 5. The lowest BCUT2D eigenvalue weighted by atomic mass is 10.1. The molecule has 0 radical (unpaired) electrons. The van der Waals surface area contributed by atoms with E-state index in [-0.39, 0.29) is 5.82 Å². The molecule has 0 unspecified atom stereocenters. The largest absolute Gasteiger partial charge is 0.455 e. The Bertz CT molecular complexity index is 1520. The van der Waals surface area contributed by atoms with Crippen LogP contribution >= 0.6 is 0 Å². The third kappa shape index (κ3) is 2.34. The smallest absolute Gasteiger partial charge is 0.206 e. The van der Waals surface area contributed by atoms with Gasteiger partial charge in [0.05, 0.1) is 5.56 Å². The lowest BCUT2D eigenvalue weighted by molar-refractivity contribution is 0.618. The average Bonchev–Trinajstić information content (AvgIpc) is 3.32. The van der Waals surface area contributed by atoms with Gasteiger partial charge in [-0.15, -0.1) is 10.2 Å². The maximum atomic E-state index is 13.7. The Morgan fingerprint density at radius 2 is 1.79 bits per heavy atom. The number of hydrogen-bond donors (Lipinski definition) is 0. The third-order valence-corrected chi connectivity index (χ3v) is 4.94.